The molecule has 4 rings (SSSR count). The zero-order valence-electron chi connectivity index (χ0n) is 16.5. The van der Waals surface area contributed by atoms with Gasteiger partial charge in [0.05, 0.1) is 19.5 Å². The summed E-state index contributed by atoms with van der Waals surface area (Å²) in [7, 11) is 0. The van der Waals surface area contributed by atoms with E-state index in [1.165, 1.54) is 11.3 Å². The molecule has 0 bridgehead atoms. The summed E-state index contributed by atoms with van der Waals surface area (Å²) in [6.07, 6.45) is 4.73. The third-order valence-corrected chi connectivity index (χ3v) is 5.38. The molecule has 0 amide bonds. The number of benzene rings is 1. The standard InChI is InChI=1S/C22H30N4O2/c1-2-7-21-19(5-1)9-13-26(21)22(24-11-8-20-6-3-16-28-20)23-10-4-12-25-14-17-27-18-15-25/h1-3,5-7,16H,4,8-15,17-18H2,(H,23,24). The molecule has 1 aromatic heterocycles. The molecule has 1 saturated heterocycles. The van der Waals surface area contributed by atoms with Crippen molar-refractivity contribution in [2.45, 2.75) is 19.3 Å². The molecule has 0 spiro atoms. The van der Waals surface area contributed by atoms with Gasteiger partial charge in [0.2, 0.25) is 0 Å². The highest BCUT2D eigenvalue weighted by molar-refractivity contribution is 5.98. The third-order valence-electron chi connectivity index (χ3n) is 5.38. The van der Waals surface area contributed by atoms with E-state index in [0.717, 1.165) is 83.5 Å². The lowest BCUT2D eigenvalue weighted by Crippen LogP contribution is -2.42. The molecule has 1 aromatic carbocycles. The first-order chi connectivity index (χ1) is 13.9. The van der Waals surface area contributed by atoms with Gasteiger partial charge in [-0.2, -0.15) is 0 Å². The predicted octanol–water partition coefficient (Wildman–Crippen LogP) is 2.55. The largest absolute Gasteiger partial charge is 0.469 e. The number of anilines is 1. The number of hydrogen-bond acceptors (Lipinski definition) is 4. The summed E-state index contributed by atoms with van der Waals surface area (Å²) in [6.45, 7) is 7.50. The van der Waals surface area contributed by atoms with Crippen molar-refractivity contribution in [2.75, 3.05) is 57.4 Å². The average Bonchev–Trinajstić information content (AvgIpc) is 3.40. The molecule has 1 N–H and O–H groups in total. The fraction of sp³-hybridized carbons (Fsp3) is 0.500. The summed E-state index contributed by atoms with van der Waals surface area (Å²) in [4.78, 5) is 9.74. The third kappa shape index (κ3) is 4.94. The molecule has 2 aromatic rings. The number of nitrogens with one attached hydrogen (secondary N) is 1. The summed E-state index contributed by atoms with van der Waals surface area (Å²) < 4.78 is 10.9. The van der Waals surface area contributed by atoms with Crippen molar-refractivity contribution in [1.29, 1.82) is 0 Å². The zero-order valence-corrected chi connectivity index (χ0v) is 16.5. The normalized spacial score (nSPS) is 17.7. The fourth-order valence-electron chi connectivity index (χ4n) is 3.85. The summed E-state index contributed by atoms with van der Waals surface area (Å²) in [5, 5.41) is 3.56. The molecular formula is C22H30N4O2. The Morgan fingerprint density at radius 2 is 1.96 bits per heavy atom. The molecule has 2 aliphatic rings. The Balaban J connectivity index is 1.36. The lowest BCUT2D eigenvalue weighted by molar-refractivity contribution is 0.0377. The number of morpholine rings is 1. The van der Waals surface area contributed by atoms with Gasteiger partial charge in [0.15, 0.2) is 5.96 Å². The number of hydrogen-bond donors (Lipinski definition) is 1. The lowest BCUT2D eigenvalue weighted by Gasteiger charge is -2.26. The van der Waals surface area contributed by atoms with Crippen LogP contribution in [0.4, 0.5) is 5.69 Å². The molecule has 6 heteroatoms. The van der Waals surface area contributed by atoms with E-state index in [4.69, 9.17) is 14.1 Å². The Bertz CT molecular complexity index is 754. The monoisotopic (exact) mass is 382 g/mol. The van der Waals surface area contributed by atoms with Crippen molar-refractivity contribution < 1.29 is 9.15 Å². The number of nitrogens with zero attached hydrogens (tertiary/aromatic N) is 3. The van der Waals surface area contributed by atoms with Crippen LogP contribution in [-0.4, -0.2) is 63.3 Å². The number of rotatable bonds is 7. The summed E-state index contributed by atoms with van der Waals surface area (Å²) in [5.74, 6) is 1.99. The molecule has 2 aliphatic heterocycles. The van der Waals surface area contributed by atoms with Crippen molar-refractivity contribution in [3.8, 4) is 0 Å². The smallest absolute Gasteiger partial charge is 0.198 e. The first kappa shape index (κ1) is 19.0. The molecule has 0 radical (unpaired) electrons. The van der Waals surface area contributed by atoms with E-state index in [9.17, 15) is 0 Å². The minimum atomic E-state index is 0.814. The average molecular weight is 383 g/mol. The fourth-order valence-corrected chi connectivity index (χ4v) is 3.85. The van der Waals surface area contributed by atoms with Gasteiger partial charge in [-0.15, -0.1) is 0 Å². The molecule has 28 heavy (non-hydrogen) atoms. The maximum atomic E-state index is 5.45. The minimum absolute atomic E-state index is 0.814. The predicted molar refractivity (Wildman–Crippen MR) is 112 cm³/mol. The van der Waals surface area contributed by atoms with Gasteiger partial charge in [-0.3, -0.25) is 9.89 Å². The Labute approximate surface area is 167 Å². The Morgan fingerprint density at radius 3 is 2.82 bits per heavy atom. The summed E-state index contributed by atoms with van der Waals surface area (Å²) in [6, 6.07) is 12.6. The molecule has 1 fully saturated rings. The second-order valence-corrected chi connectivity index (χ2v) is 7.30. The molecule has 0 aliphatic carbocycles. The van der Waals surface area contributed by atoms with Crippen LogP contribution < -0.4 is 10.2 Å². The van der Waals surface area contributed by atoms with Crippen LogP contribution in [0.5, 0.6) is 0 Å². The van der Waals surface area contributed by atoms with E-state index in [0.29, 0.717) is 0 Å². The number of guanidine groups is 1. The van der Waals surface area contributed by atoms with Gasteiger partial charge in [-0.25, -0.2) is 0 Å². The first-order valence-electron chi connectivity index (χ1n) is 10.4. The Morgan fingerprint density at radius 1 is 1.07 bits per heavy atom. The number of fused-ring (bicyclic) bond motifs is 1. The minimum Gasteiger partial charge on any atom is -0.469 e. The van der Waals surface area contributed by atoms with Crippen molar-refractivity contribution >= 4 is 11.6 Å². The number of ether oxygens (including phenoxy) is 1. The number of para-hydroxylation sites is 1. The Kier molecular flexibility index (Phi) is 6.63. The second kappa shape index (κ2) is 9.75. The molecule has 3 heterocycles. The van der Waals surface area contributed by atoms with Crippen molar-refractivity contribution in [3.63, 3.8) is 0 Å². The maximum absolute atomic E-state index is 5.45. The lowest BCUT2D eigenvalue weighted by atomic mass is 10.2. The van der Waals surface area contributed by atoms with Gasteiger partial charge in [0, 0.05) is 51.4 Å². The van der Waals surface area contributed by atoms with E-state index in [2.05, 4.69) is 39.4 Å². The van der Waals surface area contributed by atoms with E-state index in [-0.39, 0.29) is 0 Å². The second-order valence-electron chi connectivity index (χ2n) is 7.30. The van der Waals surface area contributed by atoms with Crippen molar-refractivity contribution in [3.05, 3.63) is 54.0 Å². The van der Waals surface area contributed by atoms with Crippen LogP contribution in [0.25, 0.3) is 0 Å². The van der Waals surface area contributed by atoms with Crippen LogP contribution in [0.15, 0.2) is 52.1 Å². The maximum Gasteiger partial charge on any atom is 0.198 e. The number of aliphatic imine (C=N–C) groups is 1. The molecule has 0 saturated carbocycles. The van der Waals surface area contributed by atoms with E-state index in [1.807, 2.05) is 12.1 Å². The molecular weight excluding hydrogens is 352 g/mol. The zero-order chi connectivity index (χ0) is 19.0. The highest BCUT2D eigenvalue weighted by atomic mass is 16.5. The van der Waals surface area contributed by atoms with Gasteiger partial charge in [-0.05, 0) is 36.6 Å². The van der Waals surface area contributed by atoms with Crippen molar-refractivity contribution in [1.82, 2.24) is 10.2 Å². The number of furan rings is 1. The van der Waals surface area contributed by atoms with E-state index >= 15 is 0 Å². The molecule has 0 unspecified atom stereocenters. The van der Waals surface area contributed by atoms with E-state index in [1.54, 1.807) is 6.26 Å². The molecule has 6 nitrogen and oxygen atoms in total. The van der Waals surface area contributed by atoms with Crippen LogP contribution in [-0.2, 0) is 17.6 Å². The highest BCUT2D eigenvalue weighted by Crippen LogP contribution is 2.27. The molecule has 150 valence electrons. The van der Waals surface area contributed by atoms with Gasteiger partial charge in [-0.1, -0.05) is 18.2 Å². The van der Waals surface area contributed by atoms with Crippen LogP contribution >= 0.6 is 0 Å². The quantitative estimate of drug-likeness (QED) is 0.453. The van der Waals surface area contributed by atoms with Gasteiger partial charge in [0.25, 0.3) is 0 Å². The Hall–Kier alpha value is -2.31. The van der Waals surface area contributed by atoms with Gasteiger partial charge in [0.1, 0.15) is 5.76 Å². The van der Waals surface area contributed by atoms with E-state index < -0.39 is 0 Å². The van der Waals surface area contributed by atoms with Crippen LogP contribution in [0.1, 0.15) is 17.7 Å². The van der Waals surface area contributed by atoms with Crippen LogP contribution in [0.3, 0.4) is 0 Å². The summed E-state index contributed by atoms with van der Waals surface area (Å²) in [5.41, 5.74) is 2.68. The summed E-state index contributed by atoms with van der Waals surface area (Å²) >= 11 is 0. The highest BCUT2D eigenvalue weighted by Gasteiger charge is 2.22. The van der Waals surface area contributed by atoms with Crippen molar-refractivity contribution in [2.24, 2.45) is 4.99 Å². The van der Waals surface area contributed by atoms with Crippen LogP contribution in [0.2, 0.25) is 0 Å². The van der Waals surface area contributed by atoms with Gasteiger partial charge < -0.3 is 19.4 Å². The topological polar surface area (TPSA) is 53.2 Å². The molecule has 0 atom stereocenters. The first-order valence-corrected chi connectivity index (χ1v) is 10.4. The SMILES string of the molecule is c1coc(CCNC(=NCCCN2CCOCC2)N2CCc3ccccc32)c1. The van der Waals surface area contributed by atoms with Gasteiger partial charge >= 0.3 is 0 Å². The van der Waals surface area contributed by atoms with Crippen LogP contribution in [0, 0.1) is 0 Å².